The Balaban J connectivity index is 2.02. The largest absolute Gasteiger partial charge is 0.507 e. The standard InChI is InChI=1S/C23H16Cl2N2O5/c1-32-22-13(10-12(24)11-14(22)25)20(29)18-19(15-6-4-5-9-26-15)27(23(31)21(18)30)16-7-2-3-8-17(16)28/h2-11,19,28-29H,1H3/b20-18+. The quantitative estimate of drug-likeness (QED) is 0.324. The zero-order valence-electron chi connectivity index (χ0n) is 16.6. The Kier molecular flexibility index (Phi) is 5.78. The van der Waals surface area contributed by atoms with Crippen LogP contribution in [0, 0.1) is 0 Å². The number of anilines is 1. The van der Waals surface area contributed by atoms with Crippen LogP contribution >= 0.6 is 23.2 Å². The minimum absolute atomic E-state index is 0.0428. The van der Waals surface area contributed by atoms with Crippen LogP contribution in [0.3, 0.4) is 0 Å². The summed E-state index contributed by atoms with van der Waals surface area (Å²) in [5.74, 6) is -2.55. The minimum Gasteiger partial charge on any atom is -0.507 e. The Morgan fingerprint density at radius 3 is 2.47 bits per heavy atom. The third-order valence-electron chi connectivity index (χ3n) is 5.02. The summed E-state index contributed by atoms with van der Waals surface area (Å²) in [4.78, 5) is 31.6. The molecule has 0 bridgehead atoms. The van der Waals surface area contributed by atoms with Gasteiger partial charge in [0.1, 0.15) is 23.3 Å². The lowest BCUT2D eigenvalue weighted by Gasteiger charge is -2.25. The first-order valence-corrected chi connectivity index (χ1v) is 10.1. The Morgan fingerprint density at radius 1 is 1.09 bits per heavy atom. The summed E-state index contributed by atoms with van der Waals surface area (Å²) in [6.07, 6.45) is 1.50. The molecular formula is C23H16Cl2N2O5. The molecule has 0 saturated carbocycles. The van der Waals surface area contributed by atoms with Crippen molar-refractivity contribution in [2.45, 2.75) is 6.04 Å². The third-order valence-corrected chi connectivity index (χ3v) is 5.52. The van der Waals surface area contributed by atoms with Gasteiger partial charge in [-0.3, -0.25) is 19.5 Å². The minimum atomic E-state index is -1.12. The van der Waals surface area contributed by atoms with Crippen LogP contribution in [0.15, 0.2) is 66.4 Å². The molecule has 0 aliphatic carbocycles. The normalized spacial score (nSPS) is 17.6. The molecule has 32 heavy (non-hydrogen) atoms. The van der Waals surface area contributed by atoms with E-state index in [-0.39, 0.29) is 38.4 Å². The summed E-state index contributed by atoms with van der Waals surface area (Å²) in [6, 6.07) is 12.7. The van der Waals surface area contributed by atoms with Crippen LogP contribution in [0.5, 0.6) is 11.5 Å². The van der Waals surface area contributed by atoms with E-state index in [1.165, 1.54) is 37.6 Å². The summed E-state index contributed by atoms with van der Waals surface area (Å²) in [7, 11) is 1.35. The van der Waals surface area contributed by atoms with Gasteiger partial charge in [0.05, 0.1) is 34.7 Å². The number of amides is 1. The molecule has 1 aliphatic rings. The zero-order valence-corrected chi connectivity index (χ0v) is 18.1. The molecule has 1 unspecified atom stereocenters. The van der Waals surface area contributed by atoms with Crippen LogP contribution in [0.1, 0.15) is 17.3 Å². The predicted octanol–water partition coefficient (Wildman–Crippen LogP) is 4.73. The van der Waals surface area contributed by atoms with Gasteiger partial charge < -0.3 is 14.9 Å². The lowest BCUT2D eigenvalue weighted by molar-refractivity contribution is -0.132. The van der Waals surface area contributed by atoms with Gasteiger partial charge in [0.25, 0.3) is 11.7 Å². The first-order valence-electron chi connectivity index (χ1n) is 9.38. The molecule has 0 radical (unpaired) electrons. The number of benzene rings is 2. The number of aliphatic hydroxyl groups excluding tert-OH is 1. The monoisotopic (exact) mass is 470 g/mol. The zero-order chi connectivity index (χ0) is 23.0. The van der Waals surface area contributed by atoms with Gasteiger partial charge in [0.15, 0.2) is 0 Å². The maximum Gasteiger partial charge on any atom is 0.300 e. The fourth-order valence-corrected chi connectivity index (χ4v) is 4.23. The third kappa shape index (κ3) is 3.55. The topological polar surface area (TPSA) is 100.0 Å². The smallest absolute Gasteiger partial charge is 0.300 e. The highest BCUT2D eigenvalue weighted by molar-refractivity contribution is 6.52. The number of ether oxygens (including phenoxy) is 1. The molecule has 2 aromatic carbocycles. The van der Waals surface area contributed by atoms with Crippen LogP contribution in [0.2, 0.25) is 10.0 Å². The van der Waals surface area contributed by atoms with Gasteiger partial charge in [-0.05, 0) is 36.4 Å². The van der Waals surface area contributed by atoms with E-state index in [0.29, 0.717) is 5.69 Å². The highest BCUT2D eigenvalue weighted by Gasteiger charge is 2.48. The molecule has 9 heteroatoms. The second kappa shape index (κ2) is 8.53. The molecule has 3 aromatic rings. The number of rotatable bonds is 4. The number of hydrogen-bond acceptors (Lipinski definition) is 6. The summed E-state index contributed by atoms with van der Waals surface area (Å²) in [5.41, 5.74) is 0.207. The number of Topliss-reactive ketones (excluding diaryl/α,β-unsaturated/α-hetero) is 1. The van der Waals surface area contributed by atoms with Crippen molar-refractivity contribution in [1.82, 2.24) is 4.98 Å². The molecule has 2 heterocycles. The number of halogens is 2. The second-order valence-corrected chi connectivity index (χ2v) is 7.72. The van der Waals surface area contributed by atoms with E-state index in [9.17, 15) is 19.8 Å². The van der Waals surface area contributed by atoms with Crippen molar-refractivity contribution in [1.29, 1.82) is 0 Å². The molecule has 4 rings (SSSR count). The number of ketones is 1. The van der Waals surface area contributed by atoms with Gasteiger partial charge in [-0.15, -0.1) is 0 Å². The molecular weight excluding hydrogens is 455 g/mol. The van der Waals surface area contributed by atoms with Crippen molar-refractivity contribution in [2.24, 2.45) is 0 Å². The Bertz CT molecular complexity index is 1260. The number of aliphatic hydroxyl groups is 1. The summed E-state index contributed by atoms with van der Waals surface area (Å²) < 4.78 is 5.30. The molecule has 2 N–H and O–H groups in total. The van der Waals surface area contributed by atoms with E-state index in [2.05, 4.69) is 4.98 Å². The molecule has 1 fully saturated rings. The second-order valence-electron chi connectivity index (χ2n) is 6.88. The Labute approximate surface area is 193 Å². The van der Waals surface area contributed by atoms with Gasteiger partial charge >= 0.3 is 0 Å². The van der Waals surface area contributed by atoms with Gasteiger partial charge in [-0.2, -0.15) is 0 Å². The number of para-hydroxylation sites is 2. The maximum atomic E-state index is 13.1. The van der Waals surface area contributed by atoms with Crippen molar-refractivity contribution in [3.8, 4) is 11.5 Å². The summed E-state index contributed by atoms with van der Waals surface area (Å²) >= 11 is 12.3. The average Bonchev–Trinajstić information content (AvgIpc) is 3.04. The molecule has 1 atom stereocenters. The van der Waals surface area contributed by atoms with Crippen LogP contribution < -0.4 is 9.64 Å². The van der Waals surface area contributed by atoms with E-state index >= 15 is 0 Å². The number of carbonyl (C=O) groups is 2. The molecule has 1 amide bonds. The average molecular weight is 471 g/mol. The number of phenols is 1. The van der Waals surface area contributed by atoms with E-state index in [0.717, 1.165) is 4.90 Å². The molecule has 7 nitrogen and oxygen atoms in total. The number of aromatic hydroxyl groups is 1. The molecule has 1 aliphatic heterocycles. The van der Waals surface area contributed by atoms with Crippen molar-refractivity contribution in [3.63, 3.8) is 0 Å². The van der Waals surface area contributed by atoms with Crippen molar-refractivity contribution < 1.29 is 24.5 Å². The van der Waals surface area contributed by atoms with Crippen molar-refractivity contribution >= 4 is 46.3 Å². The Morgan fingerprint density at radius 2 is 1.81 bits per heavy atom. The van der Waals surface area contributed by atoms with Crippen molar-refractivity contribution in [2.75, 3.05) is 12.0 Å². The van der Waals surface area contributed by atoms with Gasteiger partial charge in [-0.25, -0.2) is 0 Å². The number of aromatic nitrogens is 1. The van der Waals surface area contributed by atoms with Gasteiger partial charge in [0.2, 0.25) is 0 Å². The van der Waals surface area contributed by atoms with Crippen LogP contribution in [-0.4, -0.2) is 34.0 Å². The molecule has 1 aromatic heterocycles. The van der Waals surface area contributed by atoms with E-state index in [1.54, 1.807) is 30.3 Å². The number of pyridine rings is 1. The van der Waals surface area contributed by atoms with E-state index in [1.807, 2.05) is 0 Å². The number of hydrogen-bond donors (Lipinski definition) is 2. The highest BCUT2D eigenvalue weighted by Crippen LogP contribution is 2.46. The van der Waals surface area contributed by atoms with E-state index < -0.39 is 23.5 Å². The number of methoxy groups -OCH3 is 1. The van der Waals surface area contributed by atoms with Gasteiger partial charge in [0, 0.05) is 11.2 Å². The van der Waals surface area contributed by atoms with Gasteiger partial charge in [-0.1, -0.05) is 41.4 Å². The molecule has 0 spiro atoms. The predicted molar refractivity (Wildman–Crippen MR) is 120 cm³/mol. The fourth-order valence-electron chi connectivity index (χ4n) is 3.66. The summed E-state index contributed by atoms with van der Waals surface area (Å²) in [6.45, 7) is 0. The molecule has 1 saturated heterocycles. The maximum absolute atomic E-state index is 13.1. The van der Waals surface area contributed by atoms with Crippen LogP contribution in [0.4, 0.5) is 5.69 Å². The molecule has 162 valence electrons. The van der Waals surface area contributed by atoms with Crippen LogP contribution in [-0.2, 0) is 9.59 Å². The number of carbonyl (C=O) groups excluding carboxylic acids is 2. The number of nitrogens with zero attached hydrogens (tertiary/aromatic N) is 2. The first-order chi connectivity index (χ1) is 15.3. The fraction of sp³-hybridized carbons (Fsp3) is 0.0870. The van der Waals surface area contributed by atoms with Crippen molar-refractivity contribution in [3.05, 3.63) is 87.7 Å². The highest BCUT2D eigenvalue weighted by atomic mass is 35.5. The summed E-state index contributed by atoms with van der Waals surface area (Å²) in [5, 5.41) is 21.9. The lowest BCUT2D eigenvalue weighted by Crippen LogP contribution is -2.29. The first kappa shape index (κ1) is 21.7. The lowest BCUT2D eigenvalue weighted by atomic mass is 9.97. The Hall–Kier alpha value is -3.55. The van der Waals surface area contributed by atoms with E-state index in [4.69, 9.17) is 27.9 Å². The SMILES string of the molecule is COc1c(Cl)cc(Cl)cc1/C(O)=C1\C(=O)C(=O)N(c2ccccc2O)C1c1ccccn1. The number of phenolic OH excluding ortho intramolecular Hbond substituents is 1. The van der Waals surface area contributed by atoms with Crippen LogP contribution in [0.25, 0.3) is 5.76 Å².